The summed E-state index contributed by atoms with van der Waals surface area (Å²) in [4.78, 5) is 15.9. The molecule has 4 heteroatoms. The van der Waals surface area contributed by atoms with Crippen LogP contribution in [0.4, 0.5) is 0 Å². The highest BCUT2D eigenvalue weighted by Gasteiger charge is 2.22. The number of aryl methyl sites for hydroxylation is 1. The average Bonchev–Trinajstić information content (AvgIpc) is 3.05. The first-order valence-corrected chi connectivity index (χ1v) is 7.06. The van der Waals surface area contributed by atoms with Gasteiger partial charge < -0.3 is 9.30 Å². The molecule has 1 aromatic carbocycles. The molecule has 0 unspecified atom stereocenters. The Morgan fingerprint density at radius 3 is 3.10 bits per heavy atom. The van der Waals surface area contributed by atoms with Crippen molar-refractivity contribution >= 4 is 5.78 Å². The van der Waals surface area contributed by atoms with Crippen LogP contribution in [-0.4, -0.2) is 15.3 Å². The number of benzene rings is 1. The molecule has 20 heavy (non-hydrogen) atoms. The van der Waals surface area contributed by atoms with E-state index in [0.29, 0.717) is 13.0 Å². The van der Waals surface area contributed by atoms with Gasteiger partial charge in [0.25, 0.3) is 0 Å². The van der Waals surface area contributed by atoms with Crippen LogP contribution in [0.5, 0.6) is 5.75 Å². The lowest BCUT2D eigenvalue weighted by atomic mass is 10.1. The summed E-state index contributed by atoms with van der Waals surface area (Å²) in [5.74, 6) is 1.05. The molecule has 0 N–H and O–H groups in total. The molecule has 0 fully saturated rings. The zero-order chi connectivity index (χ0) is 13.9. The van der Waals surface area contributed by atoms with E-state index in [2.05, 4.69) is 16.5 Å². The van der Waals surface area contributed by atoms with Gasteiger partial charge in [0.05, 0.1) is 18.2 Å². The Kier molecular flexibility index (Phi) is 3.54. The summed E-state index contributed by atoms with van der Waals surface area (Å²) in [6.45, 7) is 3.58. The highest BCUT2D eigenvalue weighted by Crippen LogP contribution is 2.30. The van der Waals surface area contributed by atoms with E-state index < -0.39 is 0 Å². The first-order valence-electron chi connectivity index (χ1n) is 7.06. The lowest BCUT2D eigenvalue weighted by molar-refractivity contribution is 0.0994. The fourth-order valence-electron chi connectivity index (χ4n) is 2.66. The quantitative estimate of drug-likeness (QED) is 0.839. The van der Waals surface area contributed by atoms with Crippen LogP contribution in [0.3, 0.4) is 0 Å². The molecule has 0 spiro atoms. The van der Waals surface area contributed by atoms with Gasteiger partial charge >= 0.3 is 0 Å². The highest BCUT2D eigenvalue weighted by molar-refractivity contribution is 6.01. The molecule has 0 amide bonds. The third kappa shape index (κ3) is 2.33. The van der Waals surface area contributed by atoms with Crippen LogP contribution >= 0.6 is 0 Å². The van der Waals surface area contributed by atoms with Crippen molar-refractivity contribution in [2.24, 2.45) is 0 Å². The number of aromatic nitrogens is 2. The fraction of sp³-hybridized carbons (Fsp3) is 0.375. The van der Waals surface area contributed by atoms with Crippen LogP contribution in [0.2, 0.25) is 0 Å². The first kappa shape index (κ1) is 12.9. The SMILES string of the molecule is CCCn1cncc1COc1cccc2c1CCC2=O. The lowest BCUT2D eigenvalue weighted by Gasteiger charge is -2.11. The summed E-state index contributed by atoms with van der Waals surface area (Å²) < 4.78 is 8.02. The van der Waals surface area contributed by atoms with Crippen molar-refractivity contribution in [3.63, 3.8) is 0 Å². The molecule has 2 aromatic rings. The molecule has 0 saturated carbocycles. The van der Waals surface area contributed by atoms with Gasteiger partial charge in [0, 0.05) is 24.1 Å². The topological polar surface area (TPSA) is 44.1 Å². The molecule has 0 radical (unpaired) electrons. The molecule has 4 nitrogen and oxygen atoms in total. The van der Waals surface area contributed by atoms with E-state index in [4.69, 9.17) is 4.74 Å². The highest BCUT2D eigenvalue weighted by atomic mass is 16.5. The van der Waals surface area contributed by atoms with Crippen molar-refractivity contribution in [3.05, 3.63) is 47.5 Å². The third-order valence-corrected chi connectivity index (χ3v) is 3.67. The minimum absolute atomic E-state index is 0.224. The van der Waals surface area contributed by atoms with Gasteiger partial charge in [-0.2, -0.15) is 0 Å². The van der Waals surface area contributed by atoms with Gasteiger partial charge in [-0.1, -0.05) is 19.1 Å². The smallest absolute Gasteiger partial charge is 0.163 e. The van der Waals surface area contributed by atoms with E-state index in [9.17, 15) is 4.79 Å². The average molecular weight is 270 g/mol. The van der Waals surface area contributed by atoms with E-state index in [-0.39, 0.29) is 5.78 Å². The van der Waals surface area contributed by atoms with Gasteiger partial charge in [-0.3, -0.25) is 4.79 Å². The van der Waals surface area contributed by atoms with Crippen molar-refractivity contribution in [2.75, 3.05) is 0 Å². The normalized spacial score (nSPS) is 13.6. The predicted octanol–water partition coefficient (Wildman–Crippen LogP) is 3.00. The molecule has 1 aliphatic carbocycles. The molecule has 0 aliphatic heterocycles. The number of carbonyl (C=O) groups excluding carboxylic acids is 1. The molecule has 1 aliphatic rings. The monoisotopic (exact) mass is 270 g/mol. The zero-order valence-electron chi connectivity index (χ0n) is 11.6. The van der Waals surface area contributed by atoms with Crippen LogP contribution in [0.15, 0.2) is 30.7 Å². The Balaban J connectivity index is 1.76. The number of rotatable bonds is 5. The maximum atomic E-state index is 11.7. The maximum absolute atomic E-state index is 11.7. The van der Waals surface area contributed by atoms with Gasteiger partial charge in [0.1, 0.15) is 12.4 Å². The van der Waals surface area contributed by atoms with Crippen LogP contribution in [-0.2, 0) is 19.6 Å². The molecule has 3 rings (SSSR count). The van der Waals surface area contributed by atoms with Crippen molar-refractivity contribution in [1.29, 1.82) is 0 Å². The number of nitrogens with zero attached hydrogens (tertiary/aromatic N) is 2. The second-order valence-corrected chi connectivity index (χ2v) is 5.07. The van der Waals surface area contributed by atoms with Gasteiger partial charge in [-0.15, -0.1) is 0 Å². The van der Waals surface area contributed by atoms with E-state index in [1.807, 2.05) is 30.7 Å². The molecule has 1 aromatic heterocycles. The van der Waals surface area contributed by atoms with Crippen LogP contribution in [0, 0.1) is 0 Å². The number of carbonyl (C=O) groups is 1. The summed E-state index contributed by atoms with van der Waals surface area (Å²) >= 11 is 0. The van der Waals surface area contributed by atoms with Gasteiger partial charge in [-0.05, 0) is 18.9 Å². The van der Waals surface area contributed by atoms with E-state index in [0.717, 1.165) is 42.0 Å². The van der Waals surface area contributed by atoms with Crippen LogP contribution in [0.1, 0.15) is 41.4 Å². The number of hydrogen-bond donors (Lipinski definition) is 0. The van der Waals surface area contributed by atoms with Crippen LogP contribution < -0.4 is 4.74 Å². The van der Waals surface area contributed by atoms with E-state index in [1.165, 1.54) is 0 Å². The van der Waals surface area contributed by atoms with Crippen molar-refractivity contribution in [1.82, 2.24) is 9.55 Å². The number of hydrogen-bond acceptors (Lipinski definition) is 3. The first-order chi connectivity index (χ1) is 9.79. The van der Waals surface area contributed by atoms with Crippen molar-refractivity contribution < 1.29 is 9.53 Å². The Labute approximate surface area is 118 Å². The maximum Gasteiger partial charge on any atom is 0.163 e. The van der Waals surface area contributed by atoms with Crippen LogP contribution in [0.25, 0.3) is 0 Å². The minimum atomic E-state index is 0.224. The number of fused-ring (bicyclic) bond motifs is 1. The number of Topliss-reactive ketones (excluding diaryl/α,β-unsaturated/α-hetero) is 1. The number of ether oxygens (including phenoxy) is 1. The molecular weight excluding hydrogens is 252 g/mol. The molecular formula is C16H18N2O2. The summed E-state index contributed by atoms with van der Waals surface area (Å²) in [5, 5.41) is 0. The predicted molar refractivity (Wildman–Crippen MR) is 75.9 cm³/mol. The van der Waals surface area contributed by atoms with Gasteiger partial charge in [0.2, 0.25) is 0 Å². The van der Waals surface area contributed by atoms with Crippen molar-refractivity contribution in [2.45, 2.75) is 39.3 Å². The second-order valence-electron chi connectivity index (χ2n) is 5.07. The summed E-state index contributed by atoms with van der Waals surface area (Å²) in [6, 6.07) is 5.72. The fourth-order valence-corrected chi connectivity index (χ4v) is 2.66. The zero-order valence-corrected chi connectivity index (χ0v) is 11.6. The summed E-state index contributed by atoms with van der Waals surface area (Å²) in [5.41, 5.74) is 2.94. The van der Waals surface area contributed by atoms with E-state index >= 15 is 0 Å². The Morgan fingerprint density at radius 2 is 2.25 bits per heavy atom. The molecule has 0 atom stereocenters. The standard InChI is InChI=1S/C16H18N2O2/c1-2-8-18-11-17-9-12(18)10-20-16-5-3-4-13-14(16)6-7-15(13)19/h3-5,9,11H,2,6-8,10H2,1H3. The molecule has 0 bridgehead atoms. The summed E-state index contributed by atoms with van der Waals surface area (Å²) in [6.07, 6.45) is 6.13. The minimum Gasteiger partial charge on any atom is -0.487 e. The summed E-state index contributed by atoms with van der Waals surface area (Å²) in [7, 11) is 0. The Morgan fingerprint density at radius 1 is 1.35 bits per heavy atom. The van der Waals surface area contributed by atoms with E-state index in [1.54, 1.807) is 0 Å². The molecule has 1 heterocycles. The lowest BCUT2D eigenvalue weighted by Crippen LogP contribution is -2.06. The Hall–Kier alpha value is -2.10. The number of imidazole rings is 1. The van der Waals surface area contributed by atoms with Crippen molar-refractivity contribution in [3.8, 4) is 5.75 Å². The Bertz CT molecular complexity index is 631. The third-order valence-electron chi connectivity index (χ3n) is 3.67. The van der Waals surface area contributed by atoms with Gasteiger partial charge in [-0.25, -0.2) is 4.98 Å². The van der Waals surface area contributed by atoms with Gasteiger partial charge in [0.15, 0.2) is 5.78 Å². The number of ketones is 1. The largest absolute Gasteiger partial charge is 0.487 e. The second kappa shape index (κ2) is 5.49. The molecule has 104 valence electrons. The molecule has 0 saturated heterocycles.